The molecule has 0 saturated carbocycles. The van der Waals surface area contributed by atoms with Crippen LogP contribution in [0.3, 0.4) is 0 Å². The number of aromatic amines is 1. The Morgan fingerprint density at radius 1 is 1.19 bits per heavy atom. The highest BCUT2D eigenvalue weighted by Crippen LogP contribution is 2.27. The van der Waals surface area contributed by atoms with Gasteiger partial charge >= 0.3 is 0 Å². The number of aryl methyl sites for hydroxylation is 1. The lowest BCUT2D eigenvalue weighted by molar-refractivity contribution is 0.620. The summed E-state index contributed by atoms with van der Waals surface area (Å²) in [6, 6.07) is 11.7. The minimum Gasteiger partial charge on any atom is -0.330 e. The first-order valence-electron chi connectivity index (χ1n) is 6.52. The van der Waals surface area contributed by atoms with Crippen molar-refractivity contribution in [2.24, 2.45) is 0 Å². The molecule has 0 amide bonds. The molecule has 0 radical (unpaired) electrons. The SMILES string of the molecule is Cc1cc2c(cc1F)[nH]c(=S)n2-c1ccc2sccc2c1. The molecule has 4 aromatic rings. The van der Waals surface area contributed by atoms with Crippen LogP contribution in [0.15, 0.2) is 41.8 Å². The van der Waals surface area contributed by atoms with Crippen molar-refractivity contribution in [1.29, 1.82) is 0 Å². The van der Waals surface area contributed by atoms with Gasteiger partial charge in [0.15, 0.2) is 4.77 Å². The molecular formula is C16H11FN2S2. The minimum absolute atomic E-state index is 0.223. The summed E-state index contributed by atoms with van der Waals surface area (Å²) in [6.07, 6.45) is 0. The Bertz CT molecular complexity index is 1040. The summed E-state index contributed by atoms with van der Waals surface area (Å²) in [5.41, 5.74) is 3.21. The maximum absolute atomic E-state index is 13.7. The topological polar surface area (TPSA) is 20.7 Å². The van der Waals surface area contributed by atoms with E-state index in [0.717, 1.165) is 11.2 Å². The summed E-state index contributed by atoms with van der Waals surface area (Å²) in [5, 5.41) is 3.26. The van der Waals surface area contributed by atoms with Gasteiger partial charge in [-0.15, -0.1) is 11.3 Å². The van der Waals surface area contributed by atoms with E-state index >= 15 is 0 Å². The number of H-pyrrole nitrogens is 1. The summed E-state index contributed by atoms with van der Waals surface area (Å²) in [5.74, 6) is -0.223. The maximum atomic E-state index is 13.7. The van der Waals surface area contributed by atoms with Crippen LogP contribution in [-0.4, -0.2) is 9.55 Å². The Labute approximate surface area is 129 Å². The number of thiophene rings is 1. The van der Waals surface area contributed by atoms with E-state index in [-0.39, 0.29) is 5.82 Å². The molecule has 104 valence electrons. The first kappa shape index (κ1) is 12.7. The molecule has 0 saturated heterocycles. The Kier molecular flexibility index (Phi) is 2.74. The van der Waals surface area contributed by atoms with E-state index in [2.05, 4.69) is 28.6 Å². The second-order valence-electron chi connectivity index (χ2n) is 5.03. The summed E-state index contributed by atoms with van der Waals surface area (Å²) in [7, 11) is 0. The molecule has 0 fully saturated rings. The zero-order chi connectivity index (χ0) is 14.6. The Hall–Kier alpha value is -1.98. The number of halogens is 1. The average molecular weight is 314 g/mol. The second-order valence-corrected chi connectivity index (χ2v) is 6.36. The smallest absolute Gasteiger partial charge is 0.182 e. The number of nitrogens with zero attached hydrogens (tertiary/aromatic N) is 1. The zero-order valence-corrected chi connectivity index (χ0v) is 12.8. The monoisotopic (exact) mass is 314 g/mol. The number of fused-ring (bicyclic) bond motifs is 2. The predicted octanol–water partition coefficient (Wildman–Crippen LogP) is 5.35. The molecule has 0 aliphatic carbocycles. The van der Waals surface area contributed by atoms with E-state index in [4.69, 9.17) is 12.2 Å². The van der Waals surface area contributed by atoms with Crippen LogP contribution in [0.4, 0.5) is 4.39 Å². The van der Waals surface area contributed by atoms with Crippen molar-refractivity contribution in [3.05, 3.63) is 57.9 Å². The average Bonchev–Trinajstić information content (AvgIpc) is 3.02. The van der Waals surface area contributed by atoms with Gasteiger partial charge in [0.2, 0.25) is 0 Å². The van der Waals surface area contributed by atoms with Gasteiger partial charge in [-0.05, 0) is 71.9 Å². The molecule has 21 heavy (non-hydrogen) atoms. The fourth-order valence-corrected chi connectivity index (χ4v) is 3.67. The Morgan fingerprint density at radius 2 is 2.05 bits per heavy atom. The molecule has 2 heterocycles. The first-order valence-corrected chi connectivity index (χ1v) is 7.81. The van der Waals surface area contributed by atoms with E-state index in [1.807, 2.05) is 16.7 Å². The third-order valence-corrected chi connectivity index (χ3v) is 4.84. The number of aromatic nitrogens is 2. The summed E-state index contributed by atoms with van der Waals surface area (Å²) in [4.78, 5) is 3.08. The number of rotatable bonds is 1. The van der Waals surface area contributed by atoms with Crippen LogP contribution >= 0.6 is 23.6 Å². The van der Waals surface area contributed by atoms with Gasteiger partial charge in [-0.1, -0.05) is 0 Å². The summed E-state index contributed by atoms with van der Waals surface area (Å²) in [6.45, 7) is 1.76. The van der Waals surface area contributed by atoms with Gasteiger partial charge in [-0.2, -0.15) is 0 Å². The molecule has 0 spiro atoms. The number of benzene rings is 2. The first-order chi connectivity index (χ1) is 10.1. The van der Waals surface area contributed by atoms with E-state index in [0.29, 0.717) is 15.9 Å². The van der Waals surface area contributed by atoms with Crippen molar-refractivity contribution >= 4 is 44.7 Å². The van der Waals surface area contributed by atoms with E-state index in [1.54, 1.807) is 18.3 Å². The van der Waals surface area contributed by atoms with Crippen molar-refractivity contribution in [3.63, 3.8) is 0 Å². The van der Waals surface area contributed by atoms with Gasteiger partial charge in [0, 0.05) is 10.4 Å². The van der Waals surface area contributed by atoms with Crippen LogP contribution in [-0.2, 0) is 0 Å². The molecule has 1 N–H and O–H groups in total. The maximum Gasteiger partial charge on any atom is 0.182 e. The van der Waals surface area contributed by atoms with Crippen LogP contribution in [0.25, 0.3) is 26.8 Å². The fraction of sp³-hybridized carbons (Fsp3) is 0.0625. The van der Waals surface area contributed by atoms with Crippen molar-refractivity contribution in [1.82, 2.24) is 9.55 Å². The van der Waals surface area contributed by atoms with Crippen LogP contribution in [0.5, 0.6) is 0 Å². The molecule has 5 heteroatoms. The number of imidazole rings is 1. The Morgan fingerprint density at radius 3 is 2.90 bits per heavy atom. The van der Waals surface area contributed by atoms with E-state index in [9.17, 15) is 4.39 Å². The third kappa shape index (κ3) is 1.92. The van der Waals surface area contributed by atoms with Crippen LogP contribution < -0.4 is 0 Å². The van der Waals surface area contributed by atoms with Crippen molar-refractivity contribution in [2.75, 3.05) is 0 Å². The van der Waals surface area contributed by atoms with Gasteiger partial charge in [-0.3, -0.25) is 4.57 Å². The van der Waals surface area contributed by atoms with Crippen molar-refractivity contribution < 1.29 is 4.39 Å². The molecule has 2 nitrogen and oxygen atoms in total. The molecule has 0 unspecified atom stereocenters. The Balaban J connectivity index is 2.06. The van der Waals surface area contributed by atoms with Crippen molar-refractivity contribution in [2.45, 2.75) is 6.92 Å². The lowest BCUT2D eigenvalue weighted by Gasteiger charge is -2.06. The molecule has 0 aliphatic rings. The largest absolute Gasteiger partial charge is 0.330 e. The van der Waals surface area contributed by atoms with Gasteiger partial charge in [0.1, 0.15) is 5.82 Å². The highest BCUT2D eigenvalue weighted by molar-refractivity contribution is 7.71. The van der Waals surface area contributed by atoms with E-state index < -0.39 is 0 Å². The molecule has 2 aromatic carbocycles. The lowest BCUT2D eigenvalue weighted by Crippen LogP contribution is -1.94. The quantitative estimate of drug-likeness (QED) is 0.470. The predicted molar refractivity (Wildman–Crippen MR) is 88.5 cm³/mol. The zero-order valence-electron chi connectivity index (χ0n) is 11.2. The molecule has 2 aromatic heterocycles. The standard InChI is InChI=1S/C16H11FN2S2/c1-9-6-14-13(8-12(9)17)18-16(20)19(14)11-2-3-15-10(7-11)4-5-21-15/h2-8H,1H3,(H,18,20). The van der Waals surface area contributed by atoms with Crippen LogP contribution in [0.2, 0.25) is 0 Å². The number of hydrogen-bond acceptors (Lipinski definition) is 2. The third-order valence-electron chi connectivity index (χ3n) is 3.66. The number of nitrogens with one attached hydrogen (secondary N) is 1. The fourth-order valence-electron chi connectivity index (χ4n) is 2.58. The highest BCUT2D eigenvalue weighted by Gasteiger charge is 2.10. The summed E-state index contributed by atoms with van der Waals surface area (Å²) < 4.78 is 17.5. The van der Waals surface area contributed by atoms with Crippen molar-refractivity contribution in [3.8, 4) is 5.69 Å². The van der Waals surface area contributed by atoms with Gasteiger partial charge < -0.3 is 4.98 Å². The molecule has 0 aliphatic heterocycles. The minimum atomic E-state index is -0.223. The lowest BCUT2D eigenvalue weighted by atomic mass is 10.2. The second kappa shape index (κ2) is 4.51. The van der Waals surface area contributed by atoms with Crippen LogP contribution in [0, 0.1) is 17.5 Å². The van der Waals surface area contributed by atoms with E-state index in [1.165, 1.54) is 16.2 Å². The van der Waals surface area contributed by atoms with Crippen LogP contribution in [0.1, 0.15) is 5.56 Å². The summed E-state index contributed by atoms with van der Waals surface area (Å²) >= 11 is 7.12. The van der Waals surface area contributed by atoms with Gasteiger partial charge in [0.05, 0.1) is 11.0 Å². The number of hydrogen-bond donors (Lipinski definition) is 1. The normalized spacial score (nSPS) is 11.5. The molecule has 4 rings (SSSR count). The molecular weight excluding hydrogens is 303 g/mol. The molecule has 0 bridgehead atoms. The van der Waals surface area contributed by atoms with Gasteiger partial charge in [-0.25, -0.2) is 4.39 Å². The highest BCUT2D eigenvalue weighted by atomic mass is 32.1. The van der Waals surface area contributed by atoms with Gasteiger partial charge in [0.25, 0.3) is 0 Å². The molecule has 0 atom stereocenters.